The van der Waals surface area contributed by atoms with Gasteiger partial charge in [-0.15, -0.1) is 0 Å². The standard InChI is InChI=1S/C22H22N4O5S/c1-16(27)26-15-20(31-19-8-4-3-7-18(19)26)22(28)24-10-12-25(13-11-24)32(29,30)21-9-5-2-6-17(21)14-23/h2-9,20H,10-13,15H2,1H3. The molecule has 166 valence electrons. The smallest absolute Gasteiger partial charge is 0.265 e. The van der Waals surface area contributed by atoms with Crippen molar-refractivity contribution < 1.29 is 22.7 Å². The first kappa shape index (κ1) is 21.8. The first-order valence-electron chi connectivity index (χ1n) is 10.1. The van der Waals surface area contributed by atoms with Gasteiger partial charge in [0.2, 0.25) is 15.9 Å². The Bertz CT molecular complexity index is 1200. The summed E-state index contributed by atoms with van der Waals surface area (Å²) >= 11 is 0. The van der Waals surface area contributed by atoms with Crippen molar-refractivity contribution in [3.05, 3.63) is 54.1 Å². The predicted octanol–water partition coefficient (Wildman–Crippen LogP) is 1.21. The second kappa shape index (κ2) is 8.61. The number of anilines is 1. The van der Waals surface area contributed by atoms with E-state index < -0.39 is 16.1 Å². The lowest BCUT2D eigenvalue weighted by Crippen LogP contribution is -2.56. The van der Waals surface area contributed by atoms with Crippen LogP contribution < -0.4 is 9.64 Å². The van der Waals surface area contributed by atoms with Crippen LogP contribution in [0.5, 0.6) is 5.75 Å². The summed E-state index contributed by atoms with van der Waals surface area (Å²) < 4.78 is 33.2. The van der Waals surface area contributed by atoms with E-state index in [1.165, 1.54) is 28.3 Å². The second-order valence-electron chi connectivity index (χ2n) is 7.54. The Labute approximate surface area is 186 Å². The van der Waals surface area contributed by atoms with E-state index in [0.717, 1.165) is 0 Å². The maximum atomic E-state index is 13.1. The van der Waals surface area contributed by atoms with Crippen LogP contribution >= 0.6 is 0 Å². The molecule has 2 aliphatic heterocycles. The van der Waals surface area contributed by atoms with Gasteiger partial charge in [0.25, 0.3) is 5.91 Å². The average Bonchev–Trinajstić information content (AvgIpc) is 2.82. The molecule has 0 N–H and O–H groups in total. The Kier molecular flexibility index (Phi) is 5.86. The van der Waals surface area contributed by atoms with Gasteiger partial charge in [-0.25, -0.2) is 8.42 Å². The van der Waals surface area contributed by atoms with Gasteiger partial charge in [0.1, 0.15) is 11.8 Å². The van der Waals surface area contributed by atoms with Crippen molar-refractivity contribution >= 4 is 27.5 Å². The zero-order chi connectivity index (χ0) is 22.9. The number of hydrogen-bond acceptors (Lipinski definition) is 6. The molecule has 2 aromatic carbocycles. The van der Waals surface area contributed by atoms with Gasteiger partial charge in [-0.3, -0.25) is 9.59 Å². The number of fused-ring (bicyclic) bond motifs is 1. The van der Waals surface area contributed by atoms with E-state index >= 15 is 0 Å². The second-order valence-corrected chi connectivity index (χ2v) is 9.45. The topological polar surface area (TPSA) is 111 Å². The van der Waals surface area contributed by atoms with Crippen molar-refractivity contribution in [2.45, 2.75) is 17.9 Å². The van der Waals surface area contributed by atoms with Crippen LogP contribution in [0.4, 0.5) is 5.69 Å². The number of hydrogen-bond donors (Lipinski definition) is 0. The average molecular weight is 455 g/mol. The molecule has 2 heterocycles. The van der Waals surface area contributed by atoms with E-state index in [1.807, 2.05) is 6.07 Å². The molecule has 2 aliphatic rings. The van der Waals surface area contributed by atoms with Crippen LogP contribution in [0.2, 0.25) is 0 Å². The lowest BCUT2D eigenvalue weighted by molar-refractivity contribution is -0.140. The van der Waals surface area contributed by atoms with Crippen molar-refractivity contribution in [1.29, 1.82) is 5.26 Å². The first-order valence-corrected chi connectivity index (χ1v) is 11.6. The molecule has 0 spiro atoms. The van der Waals surface area contributed by atoms with Crippen LogP contribution in [0.1, 0.15) is 12.5 Å². The normalized spacial score (nSPS) is 18.9. The van der Waals surface area contributed by atoms with Crippen molar-refractivity contribution in [1.82, 2.24) is 9.21 Å². The van der Waals surface area contributed by atoms with E-state index in [1.54, 1.807) is 41.3 Å². The molecule has 1 unspecified atom stereocenters. The molecular formula is C22H22N4O5S. The highest BCUT2D eigenvalue weighted by molar-refractivity contribution is 7.89. The third-order valence-corrected chi connectivity index (χ3v) is 7.56. The van der Waals surface area contributed by atoms with E-state index in [4.69, 9.17) is 4.74 Å². The number of sulfonamides is 1. The predicted molar refractivity (Wildman–Crippen MR) is 115 cm³/mol. The summed E-state index contributed by atoms with van der Waals surface area (Å²) in [7, 11) is -3.85. The van der Waals surface area contributed by atoms with Gasteiger partial charge in [-0.2, -0.15) is 9.57 Å². The van der Waals surface area contributed by atoms with Gasteiger partial charge in [0.05, 0.1) is 22.7 Å². The summed E-state index contributed by atoms with van der Waals surface area (Å²) in [5, 5.41) is 9.24. The molecule has 1 saturated heterocycles. The van der Waals surface area contributed by atoms with Gasteiger partial charge in [-0.05, 0) is 24.3 Å². The highest BCUT2D eigenvalue weighted by Crippen LogP contribution is 2.33. The lowest BCUT2D eigenvalue weighted by atomic mass is 10.1. The molecule has 9 nitrogen and oxygen atoms in total. The van der Waals surface area contributed by atoms with E-state index in [0.29, 0.717) is 11.4 Å². The maximum absolute atomic E-state index is 13.1. The van der Waals surface area contributed by atoms with Gasteiger partial charge in [0, 0.05) is 33.1 Å². The van der Waals surface area contributed by atoms with E-state index in [-0.39, 0.29) is 55.0 Å². The fourth-order valence-corrected chi connectivity index (χ4v) is 5.50. The largest absolute Gasteiger partial charge is 0.476 e. The van der Waals surface area contributed by atoms with Crippen molar-refractivity contribution in [3.8, 4) is 11.8 Å². The number of amides is 2. The van der Waals surface area contributed by atoms with Gasteiger partial charge in [0.15, 0.2) is 6.10 Å². The molecule has 1 atom stereocenters. The third-order valence-electron chi connectivity index (χ3n) is 5.60. The van der Waals surface area contributed by atoms with Crippen LogP contribution in [0.25, 0.3) is 0 Å². The number of ether oxygens (including phenoxy) is 1. The van der Waals surface area contributed by atoms with Crippen molar-refractivity contribution in [3.63, 3.8) is 0 Å². The number of nitriles is 1. The minimum Gasteiger partial charge on any atom is -0.476 e. The Morgan fingerprint density at radius 1 is 1.03 bits per heavy atom. The van der Waals surface area contributed by atoms with Crippen LogP contribution in [0.3, 0.4) is 0 Å². The number of piperazine rings is 1. The number of benzene rings is 2. The molecule has 32 heavy (non-hydrogen) atoms. The summed E-state index contributed by atoms with van der Waals surface area (Å²) in [6, 6.07) is 15.0. The van der Waals surface area contributed by atoms with Crippen LogP contribution in [-0.2, 0) is 19.6 Å². The molecule has 0 saturated carbocycles. The van der Waals surface area contributed by atoms with Crippen molar-refractivity contribution in [2.24, 2.45) is 0 Å². The molecule has 4 rings (SSSR count). The number of para-hydroxylation sites is 2. The molecule has 2 amide bonds. The number of nitrogens with zero attached hydrogens (tertiary/aromatic N) is 4. The lowest BCUT2D eigenvalue weighted by Gasteiger charge is -2.39. The summed E-state index contributed by atoms with van der Waals surface area (Å²) in [5.74, 6) is -0.0209. The molecule has 2 aromatic rings. The summed E-state index contributed by atoms with van der Waals surface area (Å²) in [6.45, 7) is 2.12. The first-order chi connectivity index (χ1) is 15.3. The summed E-state index contributed by atoms with van der Waals surface area (Å²) in [5.41, 5.74) is 0.709. The quantitative estimate of drug-likeness (QED) is 0.689. The Morgan fingerprint density at radius 3 is 2.38 bits per heavy atom. The fraction of sp³-hybridized carbons (Fsp3) is 0.318. The van der Waals surface area contributed by atoms with E-state index in [2.05, 4.69) is 0 Å². The fourth-order valence-electron chi connectivity index (χ4n) is 3.94. The number of carbonyl (C=O) groups excluding carboxylic acids is 2. The number of carbonyl (C=O) groups is 2. The van der Waals surface area contributed by atoms with Crippen molar-refractivity contribution in [2.75, 3.05) is 37.6 Å². The highest BCUT2D eigenvalue weighted by atomic mass is 32.2. The SMILES string of the molecule is CC(=O)N1CC(C(=O)N2CCN(S(=O)(=O)c3ccccc3C#N)CC2)Oc2ccccc21. The van der Waals surface area contributed by atoms with Gasteiger partial charge in [-0.1, -0.05) is 24.3 Å². The molecular weight excluding hydrogens is 432 g/mol. The highest BCUT2D eigenvalue weighted by Gasteiger charge is 2.37. The summed E-state index contributed by atoms with van der Waals surface area (Å²) in [6.07, 6.45) is -0.865. The van der Waals surface area contributed by atoms with E-state index in [9.17, 15) is 23.3 Å². The van der Waals surface area contributed by atoms with Crippen LogP contribution in [-0.4, -0.2) is 68.3 Å². The monoisotopic (exact) mass is 454 g/mol. The Balaban J connectivity index is 1.46. The molecule has 10 heteroatoms. The Morgan fingerprint density at radius 2 is 1.69 bits per heavy atom. The maximum Gasteiger partial charge on any atom is 0.265 e. The van der Waals surface area contributed by atoms with Crippen LogP contribution in [0, 0.1) is 11.3 Å². The zero-order valence-electron chi connectivity index (χ0n) is 17.5. The molecule has 0 bridgehead atoms. The molecule has 0 aliphatic carbocycles. The minimum absolute atomic E-state index is 0.0356. The zero-order valence-corrected chi connectivity index (χ0v) is 18.3. The summed E-state index contributed by atoms with van der Waals surface area (Å²) in [4.78, 5) is 28.2. The molecule has 0 aromatic heterocycles. The Hall–Kier alpha value is -3.42. The third kappa shape index (κ3) is 3.92. The molecule has 1 fully saturated rings. The molecule has 0 radical (unpaired) electrons. The number of rotatable bonds is 3. The van der Waals surface area contributed by atoms with Gasteiger partial charge >= 0.3 is 0 Å². The minimum atomic E-state index is -3.85. The van der Waals surface area contributed by atoms with Crippen LogP contribution in [0.15, 0.2) is 53.4 Å². The van der Waals surface area contributed by atoms with Gasteiger partial charge < -0.3 is 14.5 Å².